The van der Waals surface area contributed by atoms with E-state index in [-0.39, 0.29) is 18.2 Å². The van der Waals surface area contributed by atoms with E-state index >= 15 is 0 Å². The van der Waals surface area contributed by atoms with Crippen LogP contribution in [0.3, 0.4) is 0 Å². The molecule has 3 aromatic carbocycles. The van der Waals surface area contributed by atoms with Crippen molar-refractivity contribution in [2.45, 2.75) is 11.8 Å². The topological polar surface area (TPSA) is 79.0 Å². The smallest absolute Gasteiger partial charge is 0.269 e. The first-order chi connectivity index (χ1) is 16.8. The van der Waals surface area contributed by atoms with Gasteiger partial charge in [-0.1, -0.05) is 35.9 Å². The average Bonchev–Trinajstić information content (AvgIpc) is 3.30. The molecule has 9 heteroatoms. The van der Waals surface area contributed by atoms with E-state index in [2.05, 4.69) is 5.32 Å². The Labute approximate surface area is 205 Å². The summed E-state index contributed by atoms with van der Waals surface area (Å²) in [7, 11) is 1.51. The van der Waals surface area contributed by atoms with E-state index in [1.54, 1.807) is 36.4 Å². The SMILES string of the molecule is COc1ccccc1NC(=O)CN1C(=O)[C@@]2(SCC(=O)N2c2cccc(F)c2)c2cc(C)ccc21. The van der Waals surface area contributed by atoms with Crippen molar-refractivity contribution in [2.75, 3.05) is 34.5 Å². The number of fused-ring (bicyclic) bond motifs is 2. The lowest BCUT2D eigenvalue weighted by Crippen LogP contribution is -2.51. The molecule has 5 rings (SSSR count). The maximum absolute atomic E-state index is 14.1. The Morgan fingerprint density at radius 2 is 1.91 bits per heavy atom. The van der Waals surface area contributed by atoms with Crippen LogP contribution in [0.2, 0.25) is 0 Å². The van der Waals surface area contributed by atoms with Gasteiger partial charge in [0.15, 0.2) is 0 Å². The molecule has 0 radical (unpaired) electrons. The third-order valence-electron chi connectivity index (χ3n) is 6.06. The van der Waals surface area contributed by atoms with Crippen LogP contribution in [-0.2, 0) is 19.3 Å². The fourth-order valence-electron chi connectivity index (χ4n) is 4.57. The number of thioether (sulfide) groups is 1. The van der Waals surface area contributed by atoms with Gasteiger partial charge >= 0.3 is 0 Å². The number of rotatable bonds is 5. The van der Waals surface area contributed by atoms with Gasteiger partial charge in [0.25, 0.3) is 5.91 Å². The zero-order valence-electron chi connectivity index (χ0n) is 19.1. The maximum atomic E-state index is 14.1. The summed E-state index contributed by atoms with van der Waals surface area (Å²) in [6.45, 7) is 1.63. The number of nitrogens with one attached hydrogen (secondary N) is 1. The monoisotopic (exact) mass is 491 g/mol. The molecule has 1 fully saturated rings. The fraction of sp³-hybridized carbons (Fsp3) is 0.192. The number of carbonyl (C=O) groups excluding carboxylic acids is 3. The van der Waals surface area contributed by atoms with E-state index < -0.39 is 22.5 Å². The van der Waals surface area contributed by atoms with Crippen LogP contribution in [0.25, 0.3) is 0 Å². The molecule has 1 N–H and O–H groups in total. The van der Waals surface area contributed by atoms with Crippen LogP contribution in [0.5, 0.6) is 5.75 Å². The molecular weight excluding hydrogens is 469 g/mol. The Morgan fingerprint density at radius 3 is 2.69 bits per heavy atom. The van der Waals surface area contributed by atoms with Gasteiger partial charge in [-0.15, -0.1) is 11.8 Å². The largest absolute Gasteiger partial charge is 0.495 e. The average molecular weight is 492 g/mol. The van der Waals surface area contributed by atoms with Crippen LogP contribution in [0.1, 0.15) is 11.1 Å². The van der Waals surface area contributed by atoms with E-state index in [4.69, 9.17) is 4.74 Å². The summed E-state index contributed by atoms with van der Waals surface area (Å²) < 4.78 is 19.4. The third-order valence-corrected chi connectivity index (χ3v) is 7.45. The number of para-hydroxylation sites is 2. The summed E-state index contributed by atoms with van der Waals surface area (Å²) in [5.41, 5.74) is 2.82. The first kappa shape index (κ1) is 22.9. The number of hydrogen-bond acceptors (Lipinski definition) is 5. The summed E-state index contributed by atoms with van der Waals surface area (Å²) in [5, 5.41) is 2.79. The lowest BCUT2D eigenvalue weighted by molar-refractivity contribution is -0.124. The van der Waals surface area contributed by atoms with Gasteiger partial charge in [-0.05, 0) is 43.3 Å². The van der Waals surface area contributed by atoms with Crippen LogP contribution >= 0.6 is 11.8 Å². The number of nitrogens with zero attached hydrogens (tertiary/aromatic N) is 2. The summed E-state index contributed by atoms with van der Waals surface area (Å²) in [6.07, 6.45) is 0. The van der Waals surface area contributed by atoms with Gasteiger partial charge in [0, 0.05) is 11.3 Å². The van der Waals surface area contributed by atoms with Crippen molar-refractivity contribution in [2.24, 2.45) is 0 Å². The number of anilines is 3. The predicted octanol–water partition coefficient (Wildman–Crippen LogP) is 4.06. The molecule has 2 heterocycles. The minimum atomic E-state index is -1.42. The molecule has 0 unspecified atom stereocenters. The van der Waals surface area contributed by atoms with E-state index in [0.29, 0.717) is 28.4 Å². The van der Waals surface area contributed by atoms with Crippen molar-refractivity contribution in [3.05, 3.63) is 83.7 Å². The molecule has 2 aliphatic rings. The molecule has 0 saturated carbocycles. The number of carbonyl (C=O) groups is 3. The van der Waals surface area contributed by atoms with Crippen LogP contribution in [0, 0.1) is 12.7 Å². The molecule has 1 spiro atoms. The Hall–Kier alpha value is -3.85. The number of methoxy groups -OCH3 is 1. The summed E-state index contributed by atoms with van der Waals surface area (Å²) in [5.74, 6) is -1.11. The summed E-state index contributed by atoms with van der Waals surface area (Å²) >= 11 is 1.18. The van der Waals surface area contributed by atoms with Gasteiger partial charge in [0.1, 0.15) is 18.1 Å². The number of ether oxygens (including phenoxy) is 1. The second-order valence-electron chi connectivity index (χ2n) is 8.30. The second-order valence-corrected chi connectivity index (χ2v) is 9.47. The highest BCUT2D eigenvalue weighted by atomic mass is 32.2. The zero-order valence-corrected chi connectivity index (χ0v) is 19.9. The van der Waals surface area contributed by atoms with Crippen molar-refractivity contribution < 1.29 is 23.5 Å². The first-order valence-corrected chi connectivity index (χ1v) is 11.9. The van der Waals surface area contributed by atoms with Gasteiger partial charge < -0.3 is 10.1 Å². The van der Waals surface area contributed by atoms with Crippen molar-refractivity contribution in [1.29, 1.82) is 0 Å². The van der Waals surface area contributed by atoms with Crippen molar-refractivity contribution in [1.82, 2.24) is 0 Å². The van der Waals surface area contributed by atoms with Gasteiger partial charge in [-0.3, -0.25) is 24.2 Å². The van der Waals surface area contributed by atoms with Gasteiger partial charge in [0.05, 0.1) is 24.2 Å². The number of hydrogen-bond donors (Lipinski definition) is 1. The third kappa shape index (κ3) is 3.72. The molecule has 178 valence electrons. The molecule has 7 nitrogen and oxygen atoms in total. The molecule has 3 aromatic rings. The standard InChI is InChI=1S/C26H22FN3O4S/c1-16-10-11-21-19(12-16)26(30(24(32)15-35-26)18-7-5-6-17(27)13-18)25(33)29(21)14-23(31)28-20-8-3-4-9-22(20)34-2/h3-13H,14-15H2,1-2H3,(H,28,31)/t26-/m0/s1. The van der Waals surface area contributed by atoms with Gasteiger partial charge in [-0.25, -0.2) is 4.39 Å². The van der Waals surface area contributed by atoms with Gasteiger partial charge in [0.2, 0.25) is 16.7 Å². The highest BCUT2D eigenvalue weighted by Gasteiger charge is 2.61. The quantitative estimate of drug-likeness (QED) is 0.582. The number of benzene rings is 3. The van der Waals surface area contributed by atoms with Crippen LogP contribution < -0.4 is 19.9 Å². The highest BCUT2D eigenvalue weighted by molar-refractivity contribution is 8.02. The molecule has 2 aliphatic heterocycles. The fourth-order valence-corrected chi connectivity index (χ4v) is 5.92. The Bertz CT molecular complexity index is 1360. The number of halogens is 1. The van der Waals surface area contributed by atoms with Crippen LogP contribution in [0.15, 0.2) is 66.7 Å². The predicted molar refractivity (Wildman–Crippen MR) is 133 cm³/mol. The minimum absolute atomic E-state index is 0.0525. The Kier molecular flexibility index (Phi) is 5.72. The van der Waals surface area contributed by atoms with Crippen molar-refractivity contribution >= 4 is 46.5 Å². The normalized spacial score (nSPS) is 18.8. The Morgan fingerprint density at radius 1 is 1.11 bits per heavy atom. The molecule has 0 aliphatic carbocycles. The molecule has 0 aromatic heterocycles. The molecule has 35 heavy (non-hydrogen) atoms. The van der Waals surface area contributed by atoms with Crippen LogP contribution in [-0.4, -0.2) is 37.1 Å². The van der Waals surface area contributed by atoms with Crippen molar-refractivity contribution in [3.63, 3.8) is 0 Å². The summed E-state index contributed by atoms with van der Waals surface area (Å²) in [6, 6.07) is 18.1. The van der Waals surface area contributed by atoms with E-state index in [0.717, 1.165) is 5.56 Å². The maximum Gasteiger partial charge on any atom is 0.269 e. The number of aryl methyl sites for hydroxylation is 1. The molecular formula is C26H22FN3O4S. The highest BCUT2D eigenvalue weighted by Crippen LogP contribution is 2.55. The van der Waals surface area contributed by atoms with E-state index in [1.807, 2.05) is 19.1 Å². The molecule has 1 saturated heterocycles. The molecule has 3 amide bonds. The van der Waals surface area contributed by atoms with Gasteiger partial charge in [-0.2, -0.15) is 0 Å². The lowest BCUT2D eigenvalue weighted by atomic mass is 10.0. The lowest BCUT2D eigenvalue weighted by Gasteiger charge is -2.33. The second kappa shape index (κ2) is 8.74. The summed E-state index contributed by atoms with van der Waals surface area (Å²) in [4.78, 5) is 41.4. The van der Waals surface area contributed by atoms with Crippen LogP contribution in [0.4, 0.5) is 21.5 Å². The van der Waals surface area contributed by atoms with E-state index in [1.165, 1.54) is 46.9 Å². The minimum Gasteiger partial charge on any atom is -0.495 e. The van der Waals surface area contributed by atoms with E-state index in [9.17, 15) is 18.8 Å². The molecule has 0 bridgehead atoms. The zero-order chi connectivity index (χ0) is 24.7. The van der Waals surface area contributed by atoms with Crippen molar-refractivity contribution in [3.8, 4) is 5.75 Å². The molecule has 1 atom stereocenters. The first-order valence-electron chi connectivity index (χ1n) is 10.9. The Balaban J connectivity index is 1.54. The number of amides is 3.